The number of carboxylic acid groups (broad SMARTS) is 1. The minimum absolute atomic E-state index is 0.136. The quantitative estimate of drug-likeness (QED) is 0.338. The van der Waals surface area contributed by atoms with Crippen molar-refractivity contribution in [1.82, 2.24) is 4.98 Å². The standard InChI is InChI=1S/C25H22N4O2.C2HF3O2/c26-15-18-7-6-9-20(13-18)25(31)29(22-10-2-1-3-11-22)17-24(30)28-21-14-19-8-4-5-12-23(19)27-16-21;3-2(4,5)1(6)7/h1-14,16H,15,17,26H2,(H,28,30);(H,6,7). The number of halogens is 3. The van der Waals surface area contributed by atoms with Gasteiger partial charge in [-0.25, -0.2) is 4.79 Å². The maximum absolute atomic E-state index is 13.3. The van der Waals surface area contributed by atoms with Gasteiger partial charge in [0.1, 0.15) is 6.54 Å². The lowest BCUT2D eigenvalue weighted by atomic mass is 10.1. The lowest BCUT2D eigenvalue weighted by molar-refractivity contribution is -0.192. The lowest BCUT2D eigenvalue weighted by Crippen LogP contribution is -2.38. The van der Waals surface area contributed by atoms with Crippen molar-refractivity contribution in [3.05, 3.63) is 102 Å². The van der Waals surface area contributed by atoms with Crippen LogP contribution in [-0.2, 0) is 16.1 Å². The summed E-state index contributed by atoms with van der Waals surface area (Å²) in [5, 5.41) is 10.9. The van der Waals surface area contributed by atoms with Gasteiger partial charge in [-0.3, -0.25) is 19.5 Å². The largest absolute Gasteiger partial charge is 0.490 e. The molecule has 0 bridgehead atoms. The Labute approximate surface area is 215 Å². The second kappa shape index (κ2) is 12.5. The number of hydrogen-bond donors (Lipinski definition) is 3. The van der Waals surface area contributed by atoms with Crippen LogP contribution in [0.1, 0.15) is 15.9 Å². The third kappa shape index (κ3) is 7.61. The van der Waals surface area contributed by atoms with Gasteiger partial charge >= 0.3 is 12.1 Å². The van der Waals surface area contributed by atoms with E-state index in [1.54, 1.807) is 36.5 Å². The first-order valence-electron chi connectivity index (χ1n) is 11.2. The summed E-state index contributed by atoms with van der Waals surface area (Å²) >= 11 is 0. The second-order valence-electron chi connectivity index (χ2n) is 7.90. The first kappa shape index (κ1) is 27.8. The van der Waals surface area contributed by atoms with Crippen molar-refractivity contribution in [3.8, 4) is 0 Å². The molecule has 0 saturated carbocycles. The van der Waals surface area contributed by atoms with Gasteiger partial charge < -0.3 is 16.2 Å². The highest BCUT2D eigenvalue weighted by Crippen LogP contribution is 2.19. The summed E-state index contributed by atoms with van der Waals surface area (Å²) in [7, 11) is 0. The van der Waals surface area contributed by atoms with Gasteiger partial charge in [-0.05, 0) is 42.0 Å². The van der Waals surface area contributed by atoms with E-state index in [1.807, 2.05) is 54.6 Å². The van der Waals surface area contributed by atoms with Gasteiger partial charge in [0.15, 0.2) is 0 Å². The molecule has 0 aliphatic heterocycles. The highest BCUT2D eigenvalue weighted by molar-refractivity contribution is 6.10. The van der Waals surface area contributed by atoms with Gasteiger partial charge in [0.2, 0.25) is 5.91 Å². The summed E-state index contributed by atoms with van der Waals surface area (Å²) < 4.78 is 31.7. The maximum Gasteiger partial charge on any atom is 0.490 e. The summed E-state index contributed by atoms with van der Waals surface area (Å²) in [6, 6.07) is 25.8. The summed E-state index contributed by atoms with van der Waals surface area (Å²) in [5.41, 5.74) is 9.11. The van der Waals surface area contributed by atoms with E-state index in [0.29, 0.717) is 23.5 Å². The number of carboxylic acids is 1. The first-order valence-corrected chi connectivity index (χ1v) is 11.2. The van der Waals surface area contributed by atoms with Crippen LogP contribution in [-0.4, -0.2) is 40.6 Å². The third-order valence-corrected chi connectivity index (χ3v) is 5.14. The predicted molar refractivity (Wildman–Crippen MR) is 137 cm³/mol. The number of alkyl halides is 3. The predicted octanol–water partition coefficient (Wildman–Crippen LogP) is 4.61. The Kier molecular flexibility index (Phi) is 9.12. The van der Waals surface area contributed by atoms with Crippen LogP contribution in [0.5, 0.6) is 0 Å². The number of aliphatic carboxylic acids is 1. The zero-order chi connectivity index (χ0) is 27.7. The zero-order valence-electron chi connectivity index (χ0n) is 19.9. The Bertz CT molecular complexity index is 1430. The van der Waals surface area contributed by atoms with Crippen LogP contribution in [0.3, 0.4) is 0 Å². The fraction of sp³-hybridized carbons (Fsp3) is 0.111. The van der Waals surface area contributed by atoms with Gasteiger partial charge in [0.05, 0.1) is 17.4 Å². The Balaban J connectivity index is 0.000000505. The molecule has 4 rings (SSSR count). The highest BCUT2D eigenvalue weighted by atomic mass is 19.4. The molecule has 38 heavy (non-hydrogen) atoms. The summed E-state index contributed by atoms with van der Waals surface area (Å²) in [6.45, 7) is 0.199. The molecule has 0 spiro atoms. The van der Waals surface area contributed by atoms with E-state index < -0.39 is 12.1 Å². The van der Waals surface area contributed by atoms with Crippen LogP contribution in [0.25, 0.3) is 10.9 Å². The molecule has 0 radical (unpaired) electrons. The number of amides is 2. The van der Waals surface area contributed by atoms with Crippen LogP contribution >= 0.6 is 0 Å². The lowest BCUT2D eigenvalue weighted by Gasteiger charge is -2.23. The van der Waals surface area contributed by atoms with E-state index in [0.717, 1.165) is 16.5 Å². The molecule has 1 aromatic heterocycles. The van der Waals surface area contributed by atoms with Crippen molar-refractivity contribution < 1.29 is 32.7 Å². The minimum Gasteiger partial charge on any atom is -0.475 e. The minimum atomic E-state index is -5.08. The number of hydrogen-bond acceptors (Lipinski definition) is 5. The molecule has 0 fully saturated rings. The number of carbonyl (C=O) groups excluding carboxylic acids is 2. The number of benzene rings is 3. The molecule has 0 aliphatic carbocycles. The molecule has 0 aliphatic rings. The number of aromatic nitrogens is 1. The molecule has 196 valence electrons. The van der Waals surface area contributed by atoms with Crippen molar-refractivity contribution >= 4 is 40.1 Å². The van der Waals surface area contributed by atoms with E-state index in [9.17, 15) is 22.8 Å². The number of anilines is 2. The average Bonchev–Trinajstić information content (AvgIpc) is 2.91. The first-order chi connectivity index (χ1) is 18.1. The second-order valence-corrected chi connectivity index (χ2v) is 7.90. The number of pyridine rings is 1. The Morgan fingerprint density at radius 2 is 1.58 bits per heavy atom. The van der Waals surface area contributed by atoms with Gasteiger partial charge in [-0.2, -0.15) is 13.2 Å². The molecular formula is C27H23F3N4O4. The van der Waals surface area contributed by atoms with E-state index in [4.69, 9.17) is 15.6 Å². The van der Waals surface area contributed by atoms with E-state index in [1.165, 1.54) is 4.90 Å². The van der Waals surface area contributed by atoms with Gasteiger partial charge in [0.25, 0.3) is 5.91 Å². The number of nitrogens with two attached hydrogens (primary N) is 1. The smallest absolute Gasteiger partial charge is 0.475 e. The Hall–Kier alpha value is -4.77. The number of fused-ring (bicyclic) bond motifs is 1. The molecule has 3 aromatic carbocycles. The van der Waals surface area contributed by atoms with Crippen molar-refractivity contribution in [2.24, 2.45) is 5.73 Å². The van der Waals surface area contributed by atoms with Gasteiger partial charge in [-0.15, -0.1) is 0 Å². The Morgan fingerprint density at radius 1 is 0.921 bits per heavy atom. The summed E-state index contributed by atoms with van der Waals surface area (Å²) in [4.78, 5) is 40.8. The molecule has 0 atom stereocenters. The third-order valence-electron chi connectivity index (χ3n) is 5.14. The molecule has 4 N–H and O–H groups in total. The highest BCUT2D eigenvalue weighted by Gasteiger charge is 2.38. The average molecular weight is 524 g/mol. The molecule has 2 amide bonds. The number of para-hydroxylation sites is 2. The van der Waals surface area contributed by atoms with Crippen LogP contribution < -0.4 is 16.0 Å². The van der Waals surface area contributed by atoms with E-state index in [-0.39, 0.29) is 18.4 Å². The molecule has 1 heterocycles. The van der Waals surface area contributed by atoms with Gasteiger partial charge in [-0.1, -0.05) is 48.5 Å². The number of nitrogens with zero attached hydrogens (tertiary/aromatic N) is 2. The van der Waals surface area contributed by atoms with Gasteiger partial charge in [0, 0.05) is 23.2 Å². The molecule has 0 unspecified atom stereocenters. The topological polar surface area (TPSA) is 126 Å². The number of nitrogens with one attached hydrogen (secondary N) is 1. The van der Waals surface area contributed by atoms with E-state index >= 15 is 0 Å². The molecular weight excluding hydrogens is 501 g/mol. The van der Waals surface area contributed by atoms with Crippen molar-refractivity contribution in [3.63, 3.8) is 0 Å². The Morgan fingerprint density at radius 3 is 2.24 bits per heavy atom. The molecule has 8 nitrogen and oxygen atoms in total. The normalized spacial score (nSPS) is 10.7. The molecule has 11 heteroatoms. The van der Waals surface area contributed by atoms with Crippen LogP contribution in [0.15, 0.2) is 91.1 Å². The van der Waals surface area contributed by atoms with Crippen LogP contribution in [0.4, 0.5) is 24.5 Å². The van der Waals surface area contributed by atoms with Crippen LogP contribution in [0.2, 0.25) is 0 Å². The molecule has 4 aromatic rings. The number of rotatable bonds is 6. The van der Waals surface area contributed by atoms with Crippen LogP contribution in [0, 0.1) is 0 Å². The summed E-state index contributed by atoms with van der Waals surface area (Å²) in [6.07, 6.45) is -3.47. The zero-order valence-corrected chi connectivity index (χ0v) is 19.9. The SMILES string of the molecule is NCc1cccc(C(=O)N(CC(=O)Nc2cnc3ccccc3c2)c2ccccc2)c1.O=C(O)C(F)(F)F. The van der Waals surface area contributed by atoms with Crippen molar-refractivity contribution in [1.29, 1.82) is 0 Å². The maximum atomic E-state index is 13.3. The van der Waals surface area contributed by atoms with Crippen molar-refractivity contribution in [2.45, 2.75) is 12.7 Å². The fourth-order valence-corrected chi connectivity index (χ4v) is 3.36. The van der Waals surface area contributed by atoms with Crippen molar-refractivity contribution in [2.75, 3.05) is 16.8 Å². The molecule has 0 saturated heterocycles. The van der Waals surface area contributed by atoms with E-state index in [2.05, 4.69) is 10.3 Å². The summed E-state index contributed by atoms with van der Waals surface area (Å²) in [5.74, 6) is -3.34. The number of carbonyl (C=O) groups is 3. The monoisotopic (exact) mass is 524 g/mol. The fourth-order valence-electron chi connectivity index (χ4n) is 3.36.